The number of rotatable bonds is 2. The van der Waals surface area contributed by atoms with Crippen molar-refractivity contribution in [3.63, 3.8) is 0 Å². The number of nitrogens with zero attached hydrogens (tertiary/aromatic N) is 1. The van der Waals surface area contributed by atoms with Gasteiger partial charge in [-0.25, -0.2) is 4.39 Å². The van der Waals surface area contributed by atoms with Crippen LogP contribution in [0.3, 0.4) is 0 Å². The molecule has 3 N–H and O–H groups in total. The van der Waals surface area contributed by atoms with Crippen molar-refractivity contribution in [3.8, 4) is 0 Å². The fourth-order valence-electron chi connectivity index (χ4n) is 2.35. The minimum Gasteiger partial charge on any atom is -0.342 e. The average Bonchev–Trinajstić information content (AvgIpc) is 2.73. The number of hydrogen-bond acceptors (Lipinski definition) is 3. The van der Waals surface area contributed by atoms with E-state index >= 15 is 0 Å². The number of nitrogens with one attached hydrogen (secondary N) is 1. The molecule has 4 nitrogen and oxygen atoms in total. The number of amides is 1. The van der Waals surface area contributed by atoms with Crippen LogP contribution in [0.2, 0.25) is 0 Å². The van der Waals surface area contributed by atoms with Gasteiger partial charge >= 0.3 is 0 Å². The fraction of sp³-hybridized carbons (Fsp3) is 0.133. The van der Waals surface area contributed by atoms with E-state index in [0.717, 1.165) is 11.3 Å². The Kier molecular flexibility index (Phi) is 2.91. The predicted octanol–water partition coefficient (Wildman–Crippen LogP) is 2.55. The summed E-state index contributed by atoms with van der Waals surface area (Å²) in [6.07, 6.45) is 0. The first-order valence-corrected chi connectivity index (χ1v) is 6.26. The molecule has 0 aliphatic carbocycles. The van der Waals surface area contributed by atoms with Gasteiger partial charge in [0.1, 0.15) is 11.9 Å². The predicted molar refractivity (Wildman–Crippen MR) is 76.5 cm³/mol. The minimum atomic E-state index is -0.627. The molecule has 0 aromatic heterocycles. The Morgan fingerprint density at radius 1 is 1.25 bits per heavy atom. The number of halogens is 1. The van der Waals surface area contributed by atoms with Crippen molar-refractivity contribution in [3.05, 3.63) is 53.8 Å². The Morgan fingerprint density at radius 2 is 2.00 bits per heavy atom. The first kappa shape index (κ1) is 12.6. The van der Waals surface area contributed by atoms with E-state index in [1.165, 1.54) is 6.07 Å². The van der Waals surface area contributed by atoms with Crippen LogP contribution < -0.4 is 16.0 Å². The van der Waals surface area contributed by atoms with Gasteiger partial charge < -0.3 is 16.0 Å². The third-order valence-corrected chi connectivity index (χ3v) is 3.51. The molecule has 0 spiro atoms. The maximum Gasteiger partial charge on any atom is 0.245 e. The molecule has 102 valence electrons. The van der Waals surface area contributed by atoms with E-state index in [1.807, 2.05) is 6.07 Å². The zero-order valence-corrected chi connectivity index (χ0v) is 10.9. The van der Waals surface area contributed by atoms with Crippen LogP contribution in [0.15, 0.2) is 42.5 Å². The Labute approximate surface area is 116 Å². The minimum absolute atomic E-state index is 0.217. The van der Waals surface area contributed by atoms with E-state index in [4.69, 9.17) is 5.73 Å². The summed E-state index contributed by atoms with van der Waals surface area (Å²) in [5, 5.41) is 2.72. The van der Waals surface area contributed by atoms with E-state index in [9.17, 15) is 9.18 Å². The highest BCUT2D eigenvalue weighted by atomic mass is 19.1. The van der Waals surface area contributed by atoms with Crippen LogP contribution in [0.1, 0.15) is 11.6 Å². The topological polar surface area (TPSA) is 58.4 Å². The summed E-state index contributed by atoms with van der Waals surface area (Å²) < 4.78 is 13.8. The van der Waals surface area contributed by atoms with E-state index in [2.05, 4.69) is 5.32 Å². The van der Waals surface area contributed by atoms with E-state index in [1.54, 1.807) is 42.3 Å². The Balaban J connectivity index is 1.99. The summed E-state index contributed by atoms with van der Waals surface area (Å²) >= 11 is 0. The van der Waals surface area contributed by atoms with E-state index in [0.29, 0.717) is 11.4 Å². The summed E-state index contributed by atoms with van der Waals surface area (Å²) in [6.45, 7) is 0. The molecule has 1 unspecified atom stereocenters. The lowest BCUT2D eigenvalue weighted by Gasteiger charge is -2.20. The van der Waals surface area contributed by atoms with Gasteiger partial charge in [-0.15, -0.1) is 0 Å². The molecular weight excluding hydrogens is 257 g/mol. The molecule has 0 saturated carbocycles. The molecule has 1 aliphatic rings. The third kappa shape index (κ3) is 1.92. The van der Waals surface area contributed by atoms with Gasteiger partial charge in [0.2, 0.25) is 5.91 Å². The second-order valence-corrected chi connectivity index (χ2v) is 4.75. The zero-order valence-electron chi connectivity index (χ0n) is 10.9. The first-order chi connectivity index (χ1) is 9.58. The van der Waals surface area contributed by atoms with Crippen LogP contribution in [0.25, 0.3) is 0 Å². The van der Waals surface area contributed by atoms with Gasteiger partial charge in [0, 0.05) is 24.0 Å². The molecular formula is C15H14FN3O. The molecule has 0 radical (unpaired) electrons. The highest BCUT2D eigenvalue weighted by Gasteiger charge is 2.27. The van der Waals surface area contributed by atoms with Crippen LogP contribution >= 0.6 is 0 Å². The number of hydrogen-bond donors (Lipinski definition) is 2. The molecule has 20 heavy (non-hydrogen) atoms. The highest BCUT2D eigenvalue weighted by Crippen LogP contribution is 2.34. The van der Waals surface area contributed by atoms with Crippen molar-refractivity contribution in [2.45, 2.75) is 6.04 Å². The van der Waals surface area contributed by atoms with Gasteiger partial charge in [-0.1, -0.05) is 18.2 Å². The lowest BCUT2D eigenvalue weighted by molar-refractivity contribution is -0.116. The second kappa shape index (κ2) is 4.61. The summed E-state index contributed by atoms with van der Waals surface area (Å²) in [5.74, 6) is -0.512. The van der Waals surface area contributed by atoms with Gasteiger partial charge in [-0.05, 0) is 24.3 Å². The number of para-hydroxylation sites is 1. The smallest absolute Gasteiger partial charge is 0.245 e. The van der Waals surface area contributed by atoms with Crippen LogP contribution in [0.4, 0.5) is 21.5 Å². The Morgan fingerprint density at radius 3 is 2.75 bits per heavy atom. The molecule has 0 saturated heterocycles. The van der Waals surface area contributed by atoms with Crippen molar-refractivity contribution in [2.24, 2.45) is 5.73 Å². The normalized spacial score (nSPS) is 16.8. The summed E-state index contributed by atoms with van der Waals surface area (Å²) in [7, 11) is 1.77. The molecule has 2 aromatic carbocycles. The number of anilines is 3. The SMILES string of the molecule is CN(c1ccc2c(c1)NC(=O)C2N)c1ccccc1F. The van der Waals surface area contributed by atoms with Crippen LogP contribution in [0, 0.1) is 5.82 Å². The molecule has 1 atom stereocenters. The van der Waals surface area contributed by atoms with Crippen LogP contribution in [0.5, 0.6) is 0 Å². The van der Waals surface area contributed by atoms with Gasteiger partial charge in [-0.2, -0.15) is 0 Å². The lowest BCUT2D eigenvalue weighted by atomic mass is 10.1. The van der Waals surface area contributed by atoms with Gasteiger partial charge in [-0.3, -0.25) is 4.79 Å². The van der Waals surface area contributed by atoms with Gasteiger partial charge in [0.05, 0.1) is 5.69 Å². The monoisotopic (exact) mass is 271 g/mol. The third-order valence-electron chi connectivity index (χ3n) is 3.51. The second-order valence-electron chi connectivity index (χ2n) is 4.75. The average molecular weight is 271 g/mol. The number of carbonyl (C=O) groups is 1. The number of benzene rings is 2. The molecule has 2 aromatic rings. The van der Waals surface area contributed by atoms with Crippen LogP contribution in [-0.4, -0.2) is 13.0 Å². The van der Waals surface area contributed by atoms with Crippen molar-refractivity contribution >= 4 is 23.0 Å². The molecule has 3 rings (SSSR count). The lowest BCUT2D eigenvalue weighted by Crippen LogP contribution is -2.19. The molecule has 5 heteroatoms. The fourth-order valence-corrected chi connectivity index (χ4v) is 2.35. The van der Waals surface area contributed by atoms with Crippen molar-refractivity contribution < 1.29 is 9.18 Å². The molecule has 1 amide bonds. The maximum atomic E-state index is 13.8. The van der Waals surface area contributed by atoms with Crippen molar-refractivity contribution in [1.29, 1.82) is 0 Å². The van der Waals surface area contributed by atoms with Gasteiger partial charge in [0.25, 0.3) is 0 Å². The summed E-state index contributed by atoms with van der Waals surface area (Å²) in [4.78, 5) is 13.3. The van der Waals surface area contributed by atoms with E-state index in [-0.39, 0.29) is 11.7 Å². The number of fused-ring (bicyclic) bond motifs is 1. The number of carbonyl (C=O) groups excluding carboxylic acids is 1. The molecule has 1 aliphatic heterocycles. The maximum absolute atomic E-state index is 13.8. The molecule has 0 fully saturated rings. The standard InChI is InChI=1S/C15H14FN3O/c1-19(13-5-3-2-4-11(13)16)9-6-7-10-12(8-9)18-15(20)14(10)17/h2-8,14H,17H2,1H3,(H,18,20). The van der Waals surface area contributed by atoms with Crippen molar-refractivity contribution in [2.75, 3.05) is 17.3 Å². The molecule has 0 bridgehead atoms. The Hall–Kier alpha value is -2.40. The van der Waals surface area contributed by atoms with Crippen molar-refractivity contribution in [1.82, 2.24) is 0 Å². The molecule has 1 heterocycles. The van der Waals surface area contributed by atoms with E-state index < -0.39 is 6.04 Å². The zero-order chi connectivity index (χ0) is 14.3. The largest absolute Gasteiger partial charge is 0.342 e. The van der Waals surface area contributed by atoms with Crippen LogP contribution in [-0.2, 0) is 4.79 Å². The summed E-state index contributed by atoms with van der Waals surface area (Å²) in [6, 6.07) is 11.3. The summed E-state index contributed by atoms with van der Waals surface area (Å²) in [5.41, 5.74) is 8.47. The Bertz CT molecular complexity index is 687. The first-order valence-electron chi connectivity index (χ1n) is 6.26. The quantitative estimate of drug-likeness (QED) is 0.882. The van der Waals surface area contributed by atoms with Gasteiger partial charge in [0.15, 0.2) is 0 Å². The number of nitrogens with two attached hydrogens (primary N) is 1. The highest BCUT2D eigenvalue weighted by molar-refractivity contribution is 6.03.